The Morgan fingerprint density at radius 2 is 1.89 bits per heavy atom. The predicted molar refractivity (Wildman–Crippen MR) is 106 cm³/mol. The maximum atomic E-state index is 12.6. The lowest BCUT2D eigenvalue weighted by molar-refractivity contribution is 0.0947. The number of sulfone groups is 1. The van der Waals surface area contributed by atoms with Crippen molar-refractivity contribution < 1.29 is 13.2 Å². The van der Waals surface area contributed by atoms with Gasteiger partial charge in [-0.3, -0.25) is 4.79 Å². The van der Waals surface area contributed by atoms with Gasteiger partial charge in [-0.1, -0.05) is 43.3 Å². The van der Waals surface area contributed by atoms with Crippen LogP contribution in [0, 0.1) is 0 Å². The number of carbonyl (C=O) groups excluding carboxylic acids is 1. The number of carbonyl (C=O) groups is 1. The van der Waals surface area contributed by atoms with Gasteiger partial charge in [-0.15, -0.1) is 0 Å². The molecule has 3 aromatic rings. The quantitative estimate of drug-likeness (QED) is 0.629. The average Bonchev–Trinajstić information content (AvgIpc) is 3.19. The molecular formula is C20H22N4O3S. The molecule has 8 heteroatoms. The predicted octanol–water partition coefficient (Wildman–Crippen LogP) is 2.44. The summed E-state index contributed by atoms with van der Waals surface area (Å²) >= 11 is 0. The van der Waals surface area contributed by atoms with Gasteiger partial charge in [0, 0.05) is 6.54 Å². The van der Waals surface area contributed by atoms with Gasteiger partial charge in [0.25, 0.3) is 5.91 Å². The third-order valence-electron chi connectivity index (χ3n) is 4.20. The van der Waals surface area contributed by atoms with Crippen LogP contribution in [0.25, 0.3) is 0 Å². The van der Waals surface area contributed by atoms with Crippen LogP contribution in [0.5, 0.6) is 0 Å². The van der Waals surface area contributed by atoms with Gasteiger partial charge in [-0.25, -0.2) is 18.1 Å². The Balaban J connectivity index is 1.71. The highest BCUT2D eigenvalue weighted by Crippen LogP contribution is 2.18. The topological polar surface area (TPSA) is 94.0 Å². The molecule has 0 aliphatic heterocycles. The van der Waals surface area contributed by atoms with Crippen LogP contribution in [0.3, 0.4) is 0 Å². The summed E-state index contributed by atoms with van der Waals surface area (Å²) in [5.74, 6) is -0.390. The SMILES string of the molecule is CCCS(=O)(=O)c1ccccc1C(=O)NCc1cccc(Cn2cncn2)c1. The minimum absolute atomic E-state index is 0.0155. The standard InChI is InChI=1S/C20H22N4O3S/c1-2-10-28(26,27)19-9-4-3-8-18(19)20(25)22-12-16-6-5-7-17(11-16)13-24-15-21-14-23-24/h3-9,11,14-15H,2,10,12-13H2,1H3,(H,22,25). The maximum absolute atomic E-state index is 12.6. The molecule has 0 saturated heterocycles. The molecule has 146 valence electrons. The first-order valence-corrected chi connectivity index (χ1v) is 10.6. The van der Waals surface area contributed by atoms with Crippen LogP contribution in [0.1, 0.15) is 34.8 Å². The van der Waals surface area contributed by atoms with E-state index in [0.29, 0.717) is 19.5 Å². The van der Waals surface area contributed by atoms with E-state index in [9.17, 15) is 13.2 Å². The molecule has 7 nitrogen and oxygen atoms in total. The molecule has 0 unspecified atom stereocenters. The van der Waals surface area contributed by atoms with Gasteiger partial charge < -0.3 is 5.32 Å². The minimum Gasteiger partial charge on any atom is -0.348 e. The van der Waals surface area contributed by atoms with Crippen molar-refractivity contribution in [3.05, 3.63) is 77.9 Å². The molecular weight excluding hydrogens is 376 g/mol. The van der Waals surface area contributed by atoms with Gasteiger partial charge in [-0.2, -0.15) is 5.10 Å². The summed E-state index contributed by atoms with van der Waals surface area (Å²) in [6, 6.07) is 14.1. The molecule has 3 rings (SSSR count). The van der Waals surface area contributed by atoms with E-state index in [1.54, 1.807) is 36.1 Å². The fourth-order valence-electron chi connectivity index (χ4n) is 2.92. The van der Waals surface area contributed by atoms with E-state index in [-0.39, 0.29) is 16.2 Å². The molecule has 1 N–H and O–H groups in total. The van der Waals surface area contributed by atoms with Gasteiger partial charge >= 0.3 is 0 Å². The zero-order valence-corrected chi connectivity index (χ0v) is 16.4. The van der Waals surface area contributed by atoms with Crippen LogP contribution in [0.4, 0.5) is 0 Å². The normalized spacial score (nSPS) is 11.3. The van der Waals surface area contributed by atoms with Gasteiger partial charge in [0.05, 0.1) is 22.8 Å². The molecule has 0 bridgehead atoms. The number of hydrogen-bond acceptors (Lipinski definition) is 5. The van der Waals surface area contributed by atoms with Crippen molar-refractivity contribution in [1.82, 2.24) is 20.1 Å². The molecule has 0 radical (unpaired) electrons. The Hall–Kier alpha value is -3.00. The second-order valence-electron chi connectivity index (χ2n) is 6.41. The van der Waals surface area contributed by atoms with Crippen molar-refractivity contribution in [2.75, 3.05) is 5.75 Å². The van der Waals surface area contributed by atoms with Crippen molar-refractivity contribution in [1.29, 1.82) is 0 Å². The summed E-state index contributed by atoms with van der Waals surface area (Å²) in [6.45, 7) is 2.68. The van der Waals surface area contributed by atoms with Crippen molar-refractivity contribution in [3.63, 3.8) is 0 Å². The average molecular weight is 398 g/mol. The number of aromatic nitrogens is 3. The second-order valence-corrected chi connectivity index (χ2v) is 8.49. The zero-order valence-electron chi connectivity index (χ0n) is 15.6. The van der Waals surface area contributed by atoms with Crippen LogP contribution >= 0.6 is 0 Å². The Morgan fingerprint density at radius 1 is 1.11 bits per heavy atom. The van der Waals surface area contributed by atoms with Crippen molar-refractivity contribution in [3.8, 4) is 0 Å². The number of hydrogen-bond donors (Lipinski definition) is 1. The molecule has 0 atom stereocenters. The van der Waals surface area contributed by atoms with Crippen LogP contribution in [-0.4, -0.2) is 34.8 Å². The third kappa shape index (κ3) is 4.83. The molecule has 1 heterocycles. The molecule has 1 aromatic heterocycles. The van der Waals surface area contributed by atoms with E-state index < -0.39 is 15.7 Å². The minimum atomic E-state index is -3.48. The molecule has 1 amide bonds. The summed E-state index contributed by atoms with van der Waals surface area (Å²) in [4.78, 5) is 16.6. The van der Waals surface area contributed by atoms with Gasteiger partial charge in [0.15, 0.2) is 9.84 Å². The van der Waals surface area contributed by atoms with Gasteiger partial charge in [0.2, 0.25) is 0 Å². The first-order valence-electron chi connectivity index (χ1n) is 9.00. The lowest BCUT2D eigenvalue weighted by atomic mass is 10.1. The molecule has 0 aliphatic rings. The lowest BCUT2D eigenvalue weighted by Crippen LogP contribution is -2.25. The number of nitrogens with zero attached hydrogens (tertiary/aromatic N) is 3. The van der Waals surface area contributed by atoms with E-state index >= 15 is 0 Å². The summed E-state index contributed by atoms with van der Waals surface area (Å²) in [5.41, 5.74) is 2.12. The zero-order chi connectivity index (χ0) is 20.0. The molecule has 2 aromatic carbocycles. The third-order valence-corrected chi connectivity index (χ3v) is 6.17. The number of rotatable bonds is 8. The van der Waals surface area contributed by atoms with Gasteiger partial charge in [0.1, 0.15) is 12.7 Å². The van der Waals surface area contributed by atoms with Crippen molar-refractivity contribution in [2.24, 2.45) is 0 Å². The van der Waals surface area contributed by atoms with E-state index in [1.807, 2.05) is 24.3 Å². The lowest BCUT2D eigenvalue weighted by Gasteiger charge is -2.11. The Labute approximate surface area is 164 Å². The van der Waals surface area contributed by atoms with E-state index in [2.05, 4.69) is 15.4 Å². The fraction of sp³-hybridized carbons (Fsp3) is 0.250. The molecule has 0 spiro atoms. The second kappa shape index (κ2) is 8.79. The van der Waals surface area contributed by atoms with Crippen molar-refractivity contribution in [2.45, 2.75) is 31.3 Å². The van der Waals surface area contributed by atoms with Crippen LogP contribution in [0.2, 0.25) is 0 Å². The van der Waals surface area contributed by atoms with Crippen molar-refractivity contribution >= 4 is 15.7 Å². The number of benzene rings is 2. The van der Waals surface area contributed by atoms with Gasteiger partial charge in [-0.05, 0) is 29.7 Å². The smallest absolute Gasteiger partial charge is 0.252 e. The van der Waals surface area contributed by atoms with E-state index in [1.165, 1.54) is 12.4 Å². The first-order chi connectivity index (χ1) is 13.5. The highest BCUT2D eigenvalue weighted by Gasteiger charge is 2.21. The Bertz CT molecular complexity index is 1050. The largest absolute Gasteiger partial charge is 0.348 e. The number of amides is 1. The Kier molecular flexibility index (Phi) is 6.20. The molecule has 0 saturated carbocycles. The monoisotopic (exact) mass is 398 g/mol. The van der Waals surface area contributed by atoms with E-state index in [0.717, 1.165) is 11.1 Å². The molecule has 28 heavy (non-hydrogen) atoms. The fourth-order valence-corrected chi connectivity index (χ4v) is 4.46. The Morgan fingerprint density at radius 3 is 2.64 bits per heavy atom. The summed E-state index contributed by atoms with van der Waals surface area (Å²) < 4.78 is 26.6. The highest BCUT2D eigenvalue weighted by molar-refractivity contribution is 7.91. The molecule has 0 fully saturated rings. The van der Waals surface area contributed by atoms with Crippen LogP contribution in [-0.2, 0) is 22.9 Å². The summed E-state index contributed by atoms with van der Waals surface area (Å²) in [5, 5.41) is 6.90. The maximum Gasteiger partial charge on any atom is 0.252 e. The van der Waals surface area contributed by atoms with Crippen LogP contribution < -0.4 is 5.32 Å². The summed E-state index contributed by atoms with van der Waals surface area (Å²) in [6.07, 6.45) is 3.62. The van der Waals surface area contributed by atoms with Crippen LogP contribution in [0.15, 0.2) is 66.1 Å². The molecule has 0 aliphatic carbocycles. The first kappa shape index (κ1) is 19.8. The van der Waals surface area contributed by atoms with E-state index in [4.69, 9.17) is 0 Å². The number of nitrogens with one attached hydrogen (secondary N) is 1. The highest BCUT2D eigenvalue weighted by atomic mass is 32.2. The summed E-state index contributed by atoms with van der Waals surface area (Å²) in [7, 11) is -3.48.